The lowest BCUT2D eigenvalue weighted by Crippen LogP contribution is -2.26. The molecule has 0 atom stereocenters. The molecular formula is C12H15FN2O. The van der Waals surface area contributed by atoms with Crippen molar-refractivity contribution in [1.82, 2.24) is 0 Å². The molecule has 0 spiro atoms. The molecule has 1 rings (SSSR count). The van der Waals surface area contributed by atoms with Gasteiger partial charge in [-0.3, -0.25) is 0 Å². The van der Waals surface area contributed by atoms with Gasteiger partial charge in [-0.2, -0.15) is 5.26 Å². The molecule has 16 heavy (non-hydrogen) atoms. The van der Waals surface area contributed by atoms with Gasteiger partial charge in [0.25, 0.3) is 0 Å². The average Bonchev–Trinajstić information content (AvgIpc) is 2.29. The number of methoxy groups -OCH3 is 1. The van der Waals surface area contributed by atoms with E-state index in [1.54, 1.807) is 13.2 Å². The second-order valence-electron chi connectivity index (χ2n) is 3.38. The highest BCUT2D eigenvalue weighted by molar-refractivity contribution is 5.51. The molecule has 0 unspecified atom stereocenters. The predicted molar refractivity (Wildman–Crippen MR) is 60.9 cm³/mol. The first-order chi connectivity index (χ1) is 7.71. The smallest absolute Gasteiger partial charge is 0.126 e. The zero-order valence-electron chi connectivity index (χ0n) is 9.53. The molecule has 0 saturated carbocycles. The Morgan fingerprint density at radius 1 is 1.44 bits per heavy atom. The number of likely N-dealkylation sites (N-methyl/N-ethyl adjacent to an activating group) is 1. The minimum absolute atomic E-state index is 0.339. The molecule has 0 bridgehead atoms. The number of ether oxygens (including phenoxy) is 1. The predicted octanol–water partition coefficient (Wildman–Crippen LogP) is 2.17. The maximum absolute atomic E-state index is 13.2. The zero-order chi connectivity index (χ0) is 12.0. The fraction of sp³-hybridized carbons (Fsp3) is 0.417. The van der Waals surface area contributed by atoms with Crippen LogP contribution in [-0.2, 0) is 4.74 Å². The number of benzene rings is 1. The SMILES string of the molecule is CCN(CCOC)c1cc(F)cc(C#N)c1. The van der Waals surface area contributed by atoms with Crippen molar-refractivity contribution in [1.29, 1.82) is 5.26 Å². The summed E-state index contributed by atoms with van der Waals surface area (Å²) in [5, 5.41) is 8.76. The van der Waals surface area contributed by atoms with Gasteiger partial charge in [0.15, 0.2) is 0 Å². The van der Waals surface area contributed by atoms with Gasteiger partial charge in [0, 0.05) is 25.9 Å². The fourth-order valence-electron chi connectivity index (χ4n) is 1.49. The first kappa shape index (κ1) is 12.5. The summed E-state index contributed by atoms with van der Waals surface area (Å²) in [6, 6.07) is 6.29. The van der Waals surface area contributed by atoms with Crippen molar-refractivity contribution in [2.75, 3.05) is 31.7 Å². The Bertz CT molecular complexity index is 387. The fourth-order valence-corrected chi connectivity index (χ4v) is 1.49. The van der Waals surface area contributed by atoms with Crippen LogP contribution in [0.4, 0.5) is 10.1 Å². The van der Waals surface area contributed by atoms with E-state index in [-0.39, 0.29) is 5.82 Å². The van der Waals surface area contributed by atoms with Gasteiger partial charge in [-0.25, -0.2) is 4.39 Å². The van der Waals surface area contributed by atoms with Crippen LogP contribution < -0.4 is 4.90 Å². The molecule has 0 aromatic heterocycles. The lowest BCUT2D eigenvalue weighted by Gasteiger charge is -2.22. The zero-order valence-corrected chi connectivity index (χ0v) is 9.53. The van der Waals surface area contributed by atoms with Crippen LogP contribution in [0.15, 0.2) is 18.2 Å². The van der Waals surface area contributed by atoms with Crippen LogP contribution in [-0.4, -0.2) is 26.8 Å². The third kappa shape index (κ3) is 3.21. The second kappa shape index (κ2) is 6.09. The molecule has 1 aromatic carbocycles. The number of rotatable bonds is 5. The van der Waals surface area contributed by atoms with Gasteiger partial charge >= 0.3 is 0 Å². The van der Waals surface area contributed by atoms with Gasteiger partial charge in [-0.15, -0.1) is 0 Å². The van der Waals surface area contributed by atoms with Crippen molar-refractivity contribution in [2.24, 2.45) is 0 Å². The Kier molecular flexibility index (Phi) is 4.74. The van der Waals surface area contributed by atoms with Crippen molar-refractivity contribution in [3.05, 3.63) is 29.6 Å². The summed E-state index contributed by atoms with van der Waals surface area (Å²) < 4.78 is 18.2. The minimum Gasteiger partial charge on any atom is -0.383 e. The first-order valence-corrected chi connectivity index (χ1v) is 5.15. The number of nitriles is 1. The molecule has 4 heteroatoms. The Hall–Kier alpha value is -1.60. The van der Waals surface area contributed by atoms with E-state index < -0.39 is 0 Å². The summed E-state index contributed by atoms with van der Waals surface area (Å²) in [5.41, 5.74) is 1.06. The quantitative estimate of drug-likeness (QED) is 0.766. The molecule has 0 aliphatic rings. The molecule has 0 amide bonds. The molecule has 0 saturated heterocycles. The maximum atomic E-state index is 13.2. The average molecular weight is 222 g/mol. The summed E-state index contributed by atoms with van der Waals surface area (Å²) in [5.74, 6) is -0.384. The van der Waals surface area contributed by atoms with E-state index in [4.69, 9.17) is 10.00 Å². The van der Waals surface area contributed by atoms with Gasteiger partial charge in [0.1, 0.15) is 5.82 Å². The van der Waals surface area contributed by atoms with E-state index in [1.165, 1.54) is 12.1 Å². The highest BCUT2D eigenvalue weighted by Gasteiger charge is 2.07. The van der Waals surface area contributed by atoms with Gasteiger partial charge in [-0.1, -0.05) is 0 Å². The molecule has 3 nitrogen and oxygen atoms in total. The van der Waals surface area contributed by atoms with Crippen LogP contribution in [0.2, 0.25) is 0 Å². The van der Waals surface area contributed by atoms with Gasteiger partial charge < -0.3 is 9.64 Å². The van der Waals surface area contributed by atoms with Crippen LogP contribution in [0.25, 0.3) is 0 Å². The maximum Gasteiger partial charge on any atom is 0.126 e. The monoisotopic (exact) mass is 222 g/mol. The van der Waals surface area contributed by atoms with Crippen molar-refractivity contribution < 1.29 is 9.13 Å². The molecular weight excluding hydrogens is 207 g/mol. The van der Waals surface area contributed by atoms with E-state index in [0.29, 0.717) is 18.7 Å². The molecule has 1 aromatic rings. The molecule has 0 aliphatic heterocycles. The highest BCUT2D eigenvalue weighted by atomic mass is 19.1. The number of hydrogen-bond donors (Lipinski definition) is 0. The summed E-state index contributed by atoms with van der Waals surface area (Å²) in [6.07, 6.45) is 0. The standard InChI is InChI=1S/C12H15FN2O/c1-3-15(4-5-16-2)12-7-10(9-14)6-11(13)8-12/h6-8H,3-5H2,1-2H3. The van der Waals surface area contributed by atoms with Crippen LogP contribution in [0.1, 0.15) is 12.5 Å². The molecule has 86 valence electrons. The van der Waals surface area contributed by atoms with Crippen LogP contribution in [0.3, 0.4) is 0 Å². The normalized spacial score (nSPS) is 9.88. The largest absolute Gasteiger partial charge is 0.383 e. The topological polar surface area (TPSA) is 36.3 Å². The van der Waals surface area contributed by atoms with Gasteiger partial charge in [0.05, 0.1) is 18.2 Å². The Labute approximate surface area is 95.1 Å². The van der Waals surface area contributed by atoms with E-state index in [2.05, 4.69) is 0 Å². The molecule has 0 aliphatic carbocycles. The van der Waals surface area contributed by atoms with Crippen LogP contribution in [0.5, 0.6) is 0 Å². The molecule has 0 N–H and O–H groups in total. The van der Waals surface area contributed by atoms with Crippen molar-refractivity contribution in [3.8, 4) is 6.07 Å². The van der Waals surface area contributed by atoms with Crippen molar-refractivity contribution >= 4 is 5.69 Å². The summed E-state index contributed by atoms with van der Waals surface area (Å²) in [4.78, 5) is 1.97. The molecule has 0 heterocycles. The van der Waals surface area contributed by atoms with Gasteiger partial charge in [0.2, 0.25) is 0 Å². The first-order valence-electron chi connectivity index (χ1n) is 5.15. The second-order valence-corrected chi connectivity index (χ2v) is 3.38. The van der Waals surface area contributed by atoms with Crippen LogP contribution >= 0.6 is 0 Å². The summed E-state index contributed by atoms with van der Waals surface area (Å²) in [6.45, 7) is 3.98. The van der Waals surface area contributed by atoms with Crippen molar-refractivity contribution in [3.63, 3.8) is 0 Å². The summed E-state index contributed by atoms with van der Waals surface area (Å²) >= 11 is 0. The van der Waals surface area contributed by atoms with E-state index in [9.17, 15) is 4.39 Å². The number of halogens is 1. The van der Waals surface area contributed by atoms with Crippen LogP contribution in [0, 0.1) is 17.1 Å². The van der Waals surface area contributed by atoms with Crippen molar-refractivity contribution in [2.45, 2.75) is 6.92 Å². The number of anilines is 1. The third-order valence-electron chi connectivity index (χ3n) is 2.32. The van der Waals surface area contributed by atoms with E-state index in [1.807, 2.05) is 17.9 Å². The Morgan fingerprint density at radius 2 is 2.19 bits per heavy atom. The molecule has 0 fully saturated rings. The number of nitrogens with zero attached hydrogens (tertiary/aromatic N) is 2. The Morgan fingerprint density at radius 3 is 2.75 bits per heavy atom. The van der Waals surface area contributed by atoms with E-state index in [0.717, 1.165) is 12.2 Å². The highest BCUT2D eigenvalue weighted by Crippen LogP contribution is 2.18. The Balaban J connectivity index is 2.91. The molecule has 0 radical (unpaired) electrons. The lowest BCUT2D eigenvalue weighted by atomic mass is 10.2. The number of hydrogen-bond acceptors (Lipinski definition) is 3. The minimum atomic E-state index is -0.384. The summed E-state index contributed by atoms with van der Waals surface area (Å²) in [7, 11) is 1.63. The lowest BCUT2D eigenvalue weighted by molar-refractivity contribution is 0.205. The van der Waals surface area contributed by atoms with Gasteiger partial charge in [-0.05, 0) is 25.1 Å². The third-order valence-corrected chi connectivity index (χ3v) is 2.32. The van der Waals surface area contributed by atoms with E-state index >= 15 is 0 Å².